The molecule has 0 aromatic heterocycles. The summed E-state index contributed by atoms with van der Waals surface area (Å²) >= 11 is 0. The number of benzene rings is 2. The molecule has 2 aromatic carbocycles. The third-order valence-corrected chi connectivity index (χ3v) is 4.16. The maximum absolute atomic E-state index is 12.6. The zero-order valence-electron chi connectivity index (χ0n) is 14.4. The number of hydrogen-bond donors (Lipinski definition) is 2. The van der Waals surface area contributed by atoms with Crippen LogP contribution < -0.4 is 15.4 Å². The molecule has 1 saturated heterocycles. The third-order valence-electron chi connectivity index (χ3n) is 4.16. The van der Waals surface area contributed by atoms with Crippen molar-refractivity contribution in [1.82, 2.24) is 10.6 Å². The molecule has 0 bridgehead atoms. The van der Waals surface area contributed by atoms with Crippen molar-refractivity contribution in [2.45, 2.75) is 19.1 Å². The van der Waals surface area contributed by atoms with Crippen molar-refractivity contribution in [1.29, 1.82) is 0 Å². The Bertz CT molecular complexity index is 667. The molecule has 1 aliphatic heterocycles. The summed E-state index contributed by atoms with van der Waals surface area (Å²) in [5, 5.41) is 6.31. The molecule has 5 nitrogen and oxygen atoms in total. The maximum Gasteiger partial charge on any atom is 0.251 e. The predicted molar refractivity (Wildman–Crippen MR) is 96.6 cm³/mol. The van der Waals surface area contributed by atoms with Crippen LogP contribution in [0.5, 0.6) is 5.75 Å². The predicted octanol–water partition coefficient (Wildman–Crippen LogP) is 2.28. The Balaban J connectivity index is 1.81. The molecule has 5 heteroatoms. The Morgan fingerprint density at radius 2 is 1.92 bits per heavy atom. The second-order valence-corrected chi connectivity index (χ2v) is 5.92. The van der Waals surface area contributed by atoms with Crippen molar-refractivity contribution in [3.8, 4) is 5.75 Å². The van der Waals surface area contributed by atoms with E-state index in [-0.39, 0.29) is 11.9 Å². The van der Waals surface area contributed by atoms with E-state index in [0.29, 0.717) is 19.8 Å². The molecular weight excluding hydrogens is 316 g/mol. The third kappa shape index (κ3) is 4.59. The summed E-state index contributed by atoms with van der Waals surface area (Å²) in [6, 6.07) is 17.6. The molecule has 1 aliphatic rings. The van der Waals surface area contributed by atoms with Gasteiger partial charge in [0.25, 0.3) is 5.91 Å². The largest absolute Gasteiger partial charge is 0.494 e. The highest BCUT2D eigenvalue weighted by Gasteiger charge is 2.25. The van der Waals surface area contributed by atoms with Crippen molar-refractivity contribution in [3.63, 3.8) is 0 Å². The molecule has 2 N–H and O–H groups in total. The Kier molecular flexibility index (Phi) is 6.04. The van der Waals surface area contributed by atoms with Gasteiger partial charge in [-0.05, 0) is 30.2 Å². The molecule has 0 radical (unpaired) electrons. The lowest BCUT2D eigenvalue weighted by molar-refractivity contribution is -0.134. The lowest BCUT2D eigenvalue weighted by atomic mass is 9.98. The zero-order chi connectivity index (χ0) is 17.5. The van der Waals surface area contributed by atoms with Crippen molar-refractivity contribution >= 4 is 5.91 Å². The molecular formula is C20H24N2O3. The lowest BCUT2D eigenvalue weighted by Crippen LogP contribution is -2.48. The first-order chi connectivity index (χ1) is 12.3. The lowest BCUT2D eigenvalue weighted by Gasteiger charge is -2.26. The quantitative estimate of drug-likeness (QED) is 0.847. The monoisotopic (exact) mass is 340 g/mol. The van der Waals surface area contributed by atoms with Crippen LogP contribution in [0.2, 0.25) is 0 Å². The summed E-state index contributed by atoms with van der Waals surface area (Å²) in [6.07, 6.45) is -0.456. The Morgan fingerprint density at radius 1 is 1.20 bits per heavy atom. The fraction of sp³-hybridized carbons (Fsp3) is 0.350. The van der Waals surface area contributed by atoms with Gasteiger partial charge in [-0.3, -0.25) is 4.79 Å². The summed E-state index contributed by atoms with van der Waals surface area (Å²) in [4.78, 5) is 12.6. The van der Waals surface area contributed by atoms with E-state index in [4.69, 9.17) is 9.47 Å². The van der Waals surface area contributed by atoms with Crippen LogP contribution >= 0.6 is 0 Å². The van der Waals surface area contributed by atoms with E-state index in [0.717, 1.165) is 23.4 Å². The van der Waals surface area contributed by atoms with Gasteiger partial charge in [-0.2, -0.15) is 0 Å². The first-order valence-electron chi connectivity index (χ1n) is 8.68. The molecule has 0 unspecified atom stereocenters. The molecule has 25 heavy (non-hydrogen) atoms. The normalized spacial score (nSPS) is 18.4. The number of hydrogen-bond acceptors (Lipinski definition) is 4. The van der Waals surface area contributed by atoms with Crippen molar-refractivity contribution < 1.29 is 14.3 Å². The van der Waals surface area contributed by atoms with Crippen LogP contribution in [0.4, 0.5) is 0 Å². The van der Waals surface area contributed by atoms with Crippen molar-refractivity contribution in [2.75, 3.05) is 26.3 Å². The van der Waals surface area contributed by atoms with Gasteiger partial charge in [-0.1, -0.05) is 42.5 Å². The molecule has 2 atom stereocenters. The Labute approximate surface area is 148 Å². The van der Waals surface area contributed by atoms with Crippen LogP contribution in [0.25, 0.3) is 0 Å². The van der Waals surface area contributed by atoms with Gasteiger partial charge >= 0.3 is 0 Å². The molecule has 132 valence electrons. The molecule has 0 aliphatic carbocycles. The van der Waals surface area contributed by atoms with Crippen LogP contribution in [0.15, 0.2) is 54.6 Å². The molecule has 0 saturated carbocycles. The van der Waals surface area contributed by atoms with Crippen molar-refractivity contribution in [3.05, 3.63) is 65.7 Å². The first kappa shape index (κ1) is 17.5. The summed E-state index contributed by atoms with van der Waals surface area (Å²) in [6.45, 7) is 4.46. The minimum atomic E-state index is -0.456. The number of ether oxygens (including phenoxy) is 2. The van der Waals surface area contributed by atoms with E-state index >= 15 is 0 Å². The molecule has 3 rings (SSSR count). The highest BCUT2D eigenvalue weighted by atomic mass is 16.5. The van der Waals surface area contributed by atoms with Gasteiger partial charge in [0, 0.05) is 13.1 Å². The van der Waals surface area contributed by atoms with Crippen molar-refractivity contribution in [2.24, 2.45) is 0 Å². The van der Waals surface area contributed by atoms with Gasteiger partial charge in [-0.15, -0.1) is 0 Å². The summed E-state index contributed by atoms with van der Waals surface area (Å²) in [5.41, 5.74) is 2.04. The number of carbonyl (C=O) groups excluding carboxylic acids is 1. The summed E-state index contributed by atoms with van der Waals surface area (Å²) < 4.78 is 11.1. The Morgan fingerprint density at radius 3 is 2.56 bits per heavy atom. The fourth-order valence-electron chi connectivity index (χ4n) is 2.90. The van der Waals surface area contributed by atoms with E-state index in [2.05, 4.69) is 10.6 Å². The van der Waals surface area contributed by atoms with E-state index < -0.39 is 6.10 Å². The number of morpholine rings is 1. The topological polar surface area (TPSA) is 59.6 Å². The Hall–Kier alpha value is -2.37. The average molecular weight is 340 g/mol. The van der Waals surface area contributed by atoms with Gasteiger partial charge in [0.1, 0.15) is 11.9 Å². The minimum Gasteiger partial charge on any atom is -0.494 e. The van der Waals surface area contributed by atoms with Crippen LogP contribution in [-0.4, -0.2) is 38.3 Å². The molecule has 0 spiro atoms. The number of rotatable bonds is 6. The van der Waals surface area contributed by atoms with Gasteiger partial charge in [0.2, 0.25) is 0 Å². The second kappa shape index (κ2) is 8.65. The van der Waals surface area contributed by atoms with E-state index in [1.54, 1.807) is 0 Å². The van der Waals surface area contributed by atoms with Gasteiger partial charge < -0.3 is 20.1 Å². The SMILES string of the molecule is CCOc1ccc([C@H](NC(=O)[C@@H]2CNCCO2)c2ccccc2)cc1. The van der Waals surface area contributed by atoms with Crippen LogP contribution in [0.3, 0.4) is 0 Å². The van der Waals surface area contributed by atoms with Gasteiger partial charge in [0.15, 0.2) is 0 Å². The van der Waals surface area contributed by atoms with Gasteiger partial charge in [0.05, 0.1) is 19.3 Å². The smallest absolute Gasteiger partial charge is 0.251 e. The second-order valence-electron chi connectivity index (χ2n) is 5.92. The van der Waals surface area contributed by atoms with Crippen LogP contribution in [0, 0.1) is 0 Å². The maximum atomic E-state index is 12.6. The molecule has 2 aromatic rings. The molecule has 1 heterocycles. The fourth-order valence-corrected chi connectivity index (χ4v) is 2.90. The number of carbonyl (C=O) groups is 1. The summed E-state index contributed by atoms with van der Waals surface area (Å²) in [7, 11) is 0. The van der Waals surface area contributed by atoms with Crippen LogP contribution in [0.1, 0.15) is 24.1 Å². The first-order valence-corrected chi connectivity index (χ1v) is 8.68. The number of amides is 1. The average Bonchev–Trinajstić information content (AvgIpc) is 2.68. The highest BCUT2D eigenvalue weighted by molar-refractivity contribution is 5.82. The van der Waals surface area contributed by atoms with Crippen LogP contribution in [-0.2, 0) is 9.53 Å². The minimum absolute atomic E-state index is 0.102. The highest BCUT2D eigenvalue weighted by Crippen LogP contribution is 2.24. The standard InChI is InChI=1S/C20H24N2O3/c1-2-24-17-10-8-16(9-11-17)19(15-6-4-3-5-7-15)22-20(23)18-14-21-12-13-25-18/h3-11,18-19,21H,2,12-14H2,1H3,(H,22,23)/t18-,19+/m0/s1. The van der Waals surface area contributed by atoms with Gasteiger partial charge in [-0.25, -0.2) is 0 Å². The molecule has 1 fully saturated rings. The molecule has 1 amide bonds. The zero-order valence-corrected chi connectivity index (χ0v) is 14.4. The van der Waals surface area contributed by atoms with E-state index in [1.807, 2.05) is 61.5 Å². The number of nitrogens with one attached hydrogen (secondary N) is 2. The van der Waals surface area contributed by atoms with E-state index in [1.165, 1.54) is 0 Å². The van der Waals surface area contributed by atoms with E-state index in [9.17, 15) is 4.79 Å². The summed E-state index contributed by atoms with van der Waals surface area (Å²) in [5.74, 6) is 0.721.